The van der Waals surface area contributed by atoms with E-state index in [-0.39, 0.29) is 9.77 Å². The van der Waals surface area contributed by atoms with Crippen molar-refractivity contribution in [2.75, 3.05) is 33.8 Å². The van der Waals surface area contributed by atoms with Gasteiger partial charge in [-0.1, -0.05) is 0 Å². The maximum atomic E-state index is 12.6. The van der Waals surface area contributed by atoms with Crippen LogP contribution >= 0.6 is 11.3 Å². The van der Waals surface area contributed by atoms with Gasteiger partial charge in [0.15, 0.2) is 0 Å². The van der Waals surface area contributed by atoms with Crippen LogP contribution in [-0.2, 0) is 14.8 Å². The van der Waals surface area contributed by atoms with Crippen LogP contribution in [0.2, 0.25) is 0 Å². The summed E-state index contributed by atoms with van der Waals surface area (Å²) in [4.78, 5) is 11.8. The molecule has 8 heteroatoms. The summed E-state index contributed by atoms with van der Waals surface area (Å²) in [6.45, 7) is 1.77. The number of ether oxygens (including phenoxy) is 1. The summed E-state index contributed by atoms with van der Waals surface area (Å²) >= 11 is 1.09. The summed E-state index contributed by atoms with van der Waals surface area (Å²) < 4.78 is 31.3. The van der Waals surface area contributed by atoms with Gasteiger partial charge < -0.3 is 10.1 Å². The summed E-state index contributed by atoms with van der Waals surface area (Å²) in [7, 11) is -0.517. The SMILES string of the molecule is CNCC1CCN(S(=O)(=O)c2ccsc2C(=O)OC)C1. The Kier molecular flexibility index (Phi) is 4.79. The largest absolute Gasteiger partial charge is 0.465 e. The number of hydrogen-bond donors (Lipinski definition) is 1. The number of thiophene rings is 1. The molecule has 1 aliphatic rings. The number of carbonyl (C=O) groups is 1. The fourth-order valence-electron chi connectivity index (χ4n) is 2.35. The van der Waals surface area contributed by atoms with E-state index in [2.05, 4.69) is 10.1 Å². The quantitative estimate of drug-likeness (QED) is 0.812. The van der Waals surface area contributed by atoms with Crippen LogP contribution < -0.4 is 5.32 Å². The van der Waals surface area contributed by atoms with Gasteiger partial charge in [0.05, 0.1) is 7.11 Å². The minimum absolute atomic E-state index is 0.0551. The Balaban J connectivity index is 2.24. The van der Waals surface area contributed by atoms with Gasteiger partial charge in [0, 0.05) is 13.1 Å². The van der Waals surface area contributed by atoms with Crippen molar-refractivity contribution < 1.29 is 17.9 Å². The van der Waals surface area contributed by atoms with Crippen LogP contribution in [0.3, 0.4) is 0 Å². The molecule has 2 heterocycles. The van der Waals surface area contributed by atoms with Crippen molar-refractivity contribution in [1.29, 1.82) is 0 Å². The molecule has 1 aromatic rings. The fraction of sp³-hybridized carbons (Fsp3) is 0.583. The number of hydrogen-bond acceptors (Lipinski definition) is 6. The lowest BCUT2D eigenvalue weighted by Crippen LogP contribution is -2.31. The standard InChI is InChI=1S/C12H18N2O4S2/c1-13-7-9-3-5-14(8-9)20(16,17)10-4-6-19-11(10)12(15)18-2/h4,6,9,13H,3,5,7-8H2,1-2H3. The second-order valence-electron chi connectivity index (χ2n) is 4.68. The molecule has 1 aliphatic heterocycles. The van der Waals surface area contributed by atoms with Crippen molar-refractivity contribution in [1.82, 2.24) is 9.62 Å². The molecule has 1 atom stereocenters. The first-order valence-corrected chi connectivity index (χ1v) is 8.63. The van der Waals surface area contributed by atoms with Crippen LogP contribution in [0, 0.1) is 5.92 Å². The number of methoxy groups -OCH3 is 1. The number of rotatable bonds is 5. The lowest BCUT2D eigenvalue weighted by atomic mass is 10.1. The average Bonchev–Trinajstić information content (AvgIpc) is 3.07. The van der Waals surface area contributed by atoms with Crippen molar-refractivity contribution in [2.24, 2.45) is 5.92 Å². The molecule has 1 aromatic heterocycles. The molecule has 0 bridgehead atoms. The lowest BCUT2D eigenvalue weighted by Gasteiger charge is -2.16. The Bertz CT molecular complexity index is 582. The number of sulfonamides is 1. The highest BCUT2D eigenvalue weighted by atomic mass is 32.2. The lowest BCUT2D eigenvalue weighted by molar-refractivity contribution is 0.0602. The van der Waals surface area contributed by atoms with Crippen LogP contribution in [0.25, 0.3) is 0 Å². The Morgan fingerprint density at radius 3 is 3.00 bits per heavy atom. The first-order chi connectivity index (χ1) is 9.50. The summed E-state index contributed by atoms with van der Waals surface area (Å²) in [6.07, 6.45) is 0.831. The van der Waals surface area contributed by atoms with Gasteiger partial charge in [-0.2, -0.15) is 4.31 Å². The van der Waals surface area contributed by atoms with Gasteiger partial charge in [0.25, 0.3) is 0 Å². The zero-order valence-corrected chi connectivity index (χ0v) is 13.1. The number of nitrogens with zero attached hydrogens (tertiary/aromatic N) is 1. The van der Waals surface area contributed by atoms with Crippen LogP contribution in [0.15, 0.2) is 16.3 Å². The van der Waals surface area contributed by atoms with Crippen molar-refractivity contribution >= 4 is 27.3 Å². The van der Waals surface area contributed by atoms with E-state index in [0.29, 0.717) is 19.0 Å². The summed E-state index contributed by atoms with van der Waals surface area (Å²) in [5.74, 6) is -0.292. The molecule has 1 fully saturated rings. The van der Waals surface area contributed by atoms with Crippen LogP contribution in [-0.4, -0.2) is 52.5 Å². The fourth-order valence-corrected chi connectivity index (χ4v) is 5.19. The first-order valence-electron chi connectivity index (χ1n) is 6.31. The van der Waals surface area contributed by atoms with E-state index in [1.807, 2.05) is 7.05 Å². The topological polar surface area (TPSA) is 75.7 Å². The van der Waals surface area contributed by atoms with Gasteiger partial charge in [-0.15, -0.1) is 11.3 Å². The molecular formula is C12H18N2O4S2. The molecule has 1 unspecified atom stereocenters. The monoisotopic (exact) mass is 318 g/mol. The minimum Gasteiger partial charge on any atom is -0.465 e. The van der Waals surface area contributed by atoms with Gasteiger partial charge >= 0.3 is 5.97 Å². The first kappa shape index (κ1) is 15.4. The van der Waals surface area contributed by atoms with Crippen molar-refractivity contribution in [3.8, 4) is 0 Å². The Labute approximate surface area is 122 Å². The molecule has 2 rings (SSSR count). The van der Waals surface area contributed by atoms with E-state index in [1.165, 1.54) is 17.5 Å². The number of nitrogens with one attached hydrogen (secondary N) is 1. The molecule has 6 nitrogen and oxygen atoms in total. The number of esters is 1. The van der Waals surface area contributed by atoms with Crippen LogP contribution in [0.5, 0.6) is 0 Å². The maximum absolute atomic E-state index is 12.6. The molecule has 0 aliphatic carbocycles. The Morgan fingerprint density at radius 2 is 2.35 bits per heavy atom. The molecule has 112 valence electrons. The van der Waals surface area contributed by atoms with Gasteiger partial charge in [-0.3, -0.25) is 0 Å². The third-order valence-corrected chi connectivity index (χ3v) is 6.29. The average molecular weight is 318 g/mol. The van der Waals surface area contributed by atoms with E-state index in [4.69, 9.17) is 0 Å². The molecule has 0 radical (unpaired) electrons. The second-order valence-corrected chi connectivity index (χ2v) is 7.50. The molecule has 0 aromatic carbocycles. The van der Waals surface area contributed by atoms with Gasteiger partial charge in [0.2, 0.25) is 10.0 Å². The third-order valence-electron chi connectivity index (χ3n) is 3.36. The van der Waals surface area contributed by atoms with Gasteiger partial charge in [0.1, 0.15) is 9.77 Å². The molecule has 0 amide bonds. The van der Waals surface area contributed by atoms with E-state index in [9.17, 15) is 13.2 Å². The molecule has 1 saturated heterocycles. The molecule has 0 spiro atoms. The zero-order valence-electron chi connectivity index (χ0n) is 11.5. The molecule has 1 N–H and O–H groups in total. The smallest absolute Gasteiger partial charge is 0.349 e. The van der Waals surface area contributed by atoms with Crippen molar-refractivity contribution in [3.05, 3.63) is 16.3 Å². The Morgan fingerprint density at radius 1 is 1.60 bits per heavy atom. The van der Waals surface area contributed by atoms with E-state index in [1.54, 1.807) is 5.38 Å². The van der Waals surface area contributed by atoms with Gasteiger partial charge in [-0.05, 0) is 37.4 Å². The van der Waals surface area contributed by atoms with Crippen LogP contribution in [0.1, 0.15) is 16.1 Å². The van der Waals surface area contributed by atoms with E-state index in [0.717, 1.165) is 24.3 Å². The van der Waals surface area contributed by atoms with Crippen LogP contribution in [0.4, 0.5) is 0 Å². The summed E-state index contributed by atoms with van der Waals surface area (Å²) in [5, 5.41) is 4.66. The number of carbonyl (C=O) groups excluding carboxylic acids is 1. The summed E-state index contributed by atoms with van der Waals surface area (Å²) in [6, 6.07) is 1.47. The zero-order chi connectivity index (χ0) is 14.8. The highest BCUT2D eigenvalue weighted by Gasteiger charge is 2.35. The normalized spacial score (nSPS) is 20.2. The molecule has 0 saturated carbocycles. The second kappa shape index (κ2) is 6.21. The highest BCUT2D eigenvalue weighted by Crippen LogP contribution is 2.29. The predicted octanol–water partition coefficient (Wildman–Crippen LogP) is 0.765. The predicted molar refractivity (Wildman–Crippen MR) is 76.5 cm³/mol. The van der Waals surface area contributed by atoms with E-state index >= 15 is 0 Å². The van der Waals surface area contributed by atoms with Crippen molar-refractivity contribution in [3.63, 3.8) is 0 Å². The molecular weight excluding hydrogens is 300 g/mol. The summed E-state index contributed by atoms with van der Waals surface area (Å²) in [5.41, 5.74) is 0. The van der Waals surface area contributed by atoms with E-state index < -0.39 is 16.0 Å². The van der Waals surface area contributed by atoms with Gasteiger partial charge in [-0.25, -0.2) is 13.2 Å². The Hall–Kier alpha value is -0.960. The maximum Gasteiger partial charge on any atom is 0.349 e. The minimum atomic E-state index is -3.62. The third kappa shape index (κ3) is 2.88. The molecule has 20 heavy (non-hydrogen) atoms. The van der Waals surface area contributed by atoms with Crippen molar-refractivity contribution in [2.45, 2.75) is 11.3 Å². The highest BCUT2D eigenvalue weighted by molar-refractivity contribution is 7.89.